The number of hydrogen-bond acceptors (Lipinski definition) is 4. The first-order valence-corrected chi connectivity index (χ1v) is 11.4. The molecular formula is C21H25N3O3S. The highest BCUT2D eigenvalue weighted by molar-refractivity contribution is 7.92. The number of benzene rings is 2. The number of likely N-dealkylation sites (tertiary alicyclic amines) is 1. The van der Waals surface area contributed by atoms with Gasteiger partial charge in [0.2, 0.25) is 10.0 Å². The topological polar surface area (TPSA) is 69.7 Å². The summed E-state index contributed by atoms with van der Waals surface area (Å²) in [5.41, 5.74) is 2.37. The molecule has 0 aliphatic carbocycles. The maximum Gasteiger partial charge on any atom is 0.254 e. The number of anilines is 1. The smallest absolute Gasteiger partial charge is 0.254 e. The van der Waals surface area contributed by atoms with E-state index in [0.29, 0.717) is 11.3 Å². The van der Waals surface area contributed by atoms with Crippen molar-refractivity contribution in [2.75, 3.05) is 24.1 Å². The number of amides is 1. The molecule has 2 atom stereocenters. The summed E-state index contributed by atoms with van der Waals surface area (Å²) in [4.78, 5) is 17.6. The molecule has 2 aromatic rings. The van der Waals surface area contributed by atoms with Crippen LogP contribution in [0.25, 0.3) is 0 Å². The van der Waals surface area contributed by atoms with Crippen molar-refractivity contribution in [1.82, 2.24) is 9.80 Å². The maximum atomic E-state index is 13.1. The predicted octanol–water partition coefficient (Wildman–Crippen LogP) is 2.55. The van der Waals surface area contributed by atoms with Crippen LogP contribution >= 0.6 is 0 Å². The zero-order chi connectivity index (χ0) is 19.7. The summed E-state index contributed by atoms with van der Waals surface area (Å²) in [5.74, 6) is 0.0396. The van der Waals surface area contributed by atoms with Crippen LogP contribution in [0.2, 0.25) is 0 Å². The van der Waals surface area contributed by atoms with E-state index in [0.717, 1.165) is 38.7 Å². The third-order valence-corrected chi connectivity index (χ3v) is 6.08. The van der Waals surface area contributed by atoms with Crippen LogP contribution in [0.3, 0.4) is 0 Å². The largest absolute Gasteiger partial charge is 0.330 e. The summed E-state index contributed by atoms with van der Waals surface area (Å²) >= 11 is 0. The van der Waals surface area contributed by atoms with E-state index in [1.54, 1.807) is 24.3 Å². The van der Waals surface area contributed by atoms with Crippen LogP contribution in [0, 0.1) is 0 Å². The Morgan fingerprint density at radius 1 is 1.00 bits per heavy atom. The second-order valence-electron chi connectivity index (χ2n) is 7.73. The number of sulfonamides is 1. The van der Waals surface area contributed by atoms with Gasteiger partial charge in [0.05, 0.1) is 6.26 Å². The third kappa shape index (κ3) is 4.20. The molecule has 0 saturated carbocycles. The van der Waals surface area contributed by atoms with Crippen molar-refractivity contribution in [3.63, 3.8) is 0 Å². The molecule has 2 saturated heterocycles. The minimum atomic E-state index is -3.32. The van der Waals surface area contributed by atoms with Crippen molar-refractivity contribution in [2.45, 2.75) is 31.5 Å². The van der Waals surface area contributed by atoms with Gasteiger partial charge in [0, 0.05) is 43.0 Å². The second kappa shape index (κ2) is 7.56. The monoisotopic (exact) mass is 399 g/mol. The van der Waals surface area contributed by atoms with Crippen molar-refractivity contribution < 1.29 is 13.2 Å². The molecule has 2 aromatic carbocycles. The molecule has 0 spiro atoms. The molecule has 7 heteroatoms. The first-order valence-electron chi connectivity index (χ1n) is 9.56. The fourth-order valence-corrected chi connectivity index (χ4v) is 4.90. The summed E-state index contributed by atoms with van der Waals surface area (Å²) in [6.45, 7) is 2.71. The van der Waals surface area contributed by atoms with Gasteiger partial charge >= 0.3 is 0 Å². The van der Waals surface area contributed by atoms with E-state index < -0.39 is 10.0 Å². The summed E-state index contributed by atoms with van der Waals surface area (Å²) in [5, 5.41) is 0. The van der Waals surface area contributed by atoms with E-state index in [9.17, 15) is 13.2 Å². The average molecular weight is 400 g/mol. The molecule has 1 amide bonds. The minimum Gasteiger partial charge on any atom is -0.330 e. The Morgan fingerprint density at radius 3 is 2.18 bits per heavy atom. The van der Waals surface area contributed by atoms with Crippen LogP contribution in [0.15, 0.2) is 54.6 Å². The number of nitrogens with zero attached hydrogens (tertiary/aromatic N) is 2. The van der Waals surface area contributed by atoms with Gasteiger partial charge in [-0.05, 0) is 42.7 Å². The number of piperazine rings is 1. The number of fused-ring (bicyclic) bond motifs is 2. The van der Waals surface area contributed by atoms with Crippen LogP contribution in [-0.2, 0) is 16.6 Å². The lowest BCUT2D eigenvalue weighted by Gasteiger charge is -2.41. The van der Waals surface area contributed by atoms with Gasteiger partial charge in [-0.25, -0.2) is 8.42 Å². The predicted molar refractivity (Wildman–Crippen MR) is 110 cm³/mol. The summed E-state index contributed by atoms with van der Waals surface area (Å²) in [6.07, 6.45) is 3.18. The highest BCUT2D eigenvalue weighted by Gasteiger charge is 2.42. The molecule has 6 nitrogen and oxygen atoms in total. The van der Waals surface area contributed by atoms with Gasteiger partial charge < -0.3 is 4.90 Å². The Kier molecular flexibility index (Phi) is 5.12. The van der Waals surface area contributed by atoms with Crippen LogP contribution < -0.4 is 4.72 Å². The Balaban J connectivity index is 1.43. The van der Waals surface area contributed by atoms with Gasteiger partial charge in [0.15, 0.2) is 0 Å². The number of carbonyl (C=O) groups excluding carboxylic acids is 1. The van der Waals surface area contributed by atoms with E-state index >= 15 is 0 Å². The van der Waals surface area contributed by atoms with E-state index in [-0.39, 0.29) is 18.0 Å². The Bertz CT molecular complexity index is 931. The minimum absolute atomic E-state index is 0.0396. The summed E-state index contributed by atoms with van der Waals surface area (Å²) in [6, 6.07) is 17.6. The Morgan fingerprint density at radius 2 is 1.61 bits per heavy atom. The lowest BCUT2D eigenvalue weighted by Crippen LogP contribution is -2.55. The summed E-state index contributed by atoms with van der Waals surface area (Å²) < 4.78 is 25.1. The van der Waals surface area contributed by atoms with Gasteiger partial charge in [-0.2, -0.15) is 0 Å². The van der Waals surface area contributed by atoms with Crippen molar-refractivity contribution in [1.29, 1.82) is 0 Å². The van der Waals surface area contributed by atoms with Crippen LogP contribution in [-0.4, -0.2) is 55.6 Å². The Labute approximate surface area is 166 Å². The van der Waals surface area contributed by atoms with Crippen LogP contribution in [0.4, 0.5) is 5.69 Å². The maximum absolute atomic E-state index is 13.1. The van der Waals surface area contributed by atoms with Crippen LogP contribution in [0.1, 0.15) is 28.8 Å². The zero-order valence-electron chi connectivity index (χ0n) is 15.9. The normalized spacial score (nSPS) is 22.2. The summed E-state index contributed by atoms with van der Waals surface area (Å²) in [7, 11) is -3.32. The van der Waals surface area contributed by atoms with Gasteiger partial charge in [-0.3, -0.25) is 14.4 Å². The number of hydrogen-bond donors (Lipinski definition) is 1. The molecule has 0 aromatic heterocycles. The molecule has 28 heavy (non-hydrogen) atoms. The second-order valence-corrected chi connectivity index (χ2v) is 9.48. The molecule has 2 bridgehead atoms. The molecule has 2 fully saturated rings. The van der Waals surface area contributed by atoms with Gasteiger partial charge in [-0.1, -0.05) is 30.3 Å². The van der Waals surface area contributed by atoms with Crippen molar-refractivity contribution in [3.05, 3.63) is 65.7 Å². The van der Waals surface area contributed by atoms with Crippen molar-refractivity contribution in [2.24, 2.45) is 0 Å². The molecule has 1 N–H and O–H groups in total. The van der Waals surface area contributed by atoms with Crippen LogP contribution in [0.5, 0.6) is 0 Å². The molecule has 2 unspecified atom stereocenters. The Hall–Kier alpha value is -2.38. The van der Waals surface area contributed by atoms with Crippen molar-refractivity contribution >= 4 is 21.6 Å². The first-order chi connectivity index (χ1) is 13.4. The van der Waals surface area contributed by atoms with Gasteiger partial charge in [0.1, 0.15) is 0 Å². The highest BCUT2D eigenvalue weighted by Crippen LogP contribution is 2.32. The zero-order valence-corrected chi connectivity index (χ0v) is 16.7. The standard InChI is InChI=1S/C21H25N3O3S/c1-28(26,27)22-18-9-7-17(8-10-18)21(25)24-19-11-12-20(24)15-23(14-19)13-16-5-3-2-4-6-16/h2-10,19-20,22H,11-15H2,1H3. The highest BCUT2D eigenvalue weighted by atomic mass is 32.2. The third-order valence-electron chi connectivity index (χ3n) is 5.48. The van der Waals surface area contributed by atoms with E-state index in [2.05, 4.69) is 33.9 Å². The van der Waals surface area contributed by atoms with E-state index in [1.165, 1.54) is 5.56 Å². The number of nitrogens with one attached hydrogen (secondary N) is 1. The molecule has 4 rings (SSSR count). The molecule has 148 valence electrons. The fraction of sp³-hybridized carbons (Fsp3) is 0.381. The first kappa shape index (κ1) is 19.0. The number of rotatable bonds is 5. The van der Waals surface area contributed by atoms with Gasteiger partial charge in [0.25, 0.3) is 5.91 Å². The SMILES string of the molecule is CS(=O)(=O)Nc1ccc(C(=O)N2C3CCC2CN(Cc2ccccc2)C3)cc1. The quantitative estimate of drug-likeness (QED) is 0.839. The number of carbonyl (C=O) groups is 1. The van der Waals surface area contributed by atoms with E-state index in [1.807, 2.05) is 11.0 Å². The fourth-order valence-electron chi connectivity index (χ4n) is 4.34. The van der Waals surface area contributed by atoms with E-state index in [4.69, 9.17) is 0 Å². The lowest BCUT2D eigenvalue weighted by atomic mass is 10.1. The molecule has 2 heterocycles. The molecule has 0 radical (unpaired) electrons. The molecule has 2 aliphatic heterocycles. The van der Waals surface area contributed by atoms with Gasteiger partial charge in [-0.15, -0.1) is 0 Å². The average Bonchev–Trinajstić information content (AvgIpc) is 2.92. The lowest BCUT2D eigenvalue weighted by molar-refractivity contribution is 0.0405. The van der Waals surface area contributed by atoms with Crippen molar-refractivity contribution in [3.8, 4) is 0 Å². The molecular weight excluding hydrogens is 374 g/mol. The molecule has 2 aliphatic rings.